The molecule has 6 heteroatoms. The second kappa shape index (κ2) is 7.09. The minimum absolute atomic E-state index is 0.00956. The summed E-state index contributed by atoms with van der Waals surface area (Å²) in [6, 6.07) is 6.29. The van der Waals surface area contributed by atoms with Crippen LogP contribution in [0, 0.1) is 0 Å². The molecule has 1 atom stereocenters. The normalized spacial score (nSPS) is 22.5. The summed E-state index contributed by atoms with van der Waals surface area (Å²) < 4.78 is 6.06. The zero-order valence-electron chi connectivity index (χ0n) is 14.3. The van der Waals surface area contributed by atoms with E-state index in [9.17, 15) is 9.90 Å². The van der Waals surface area contributed by atoms with Gasteiger partial charge in [-0.1, -0.05) is 12.1 Å². The number of nitrogens with zero attached hydrogens (tertiary/aromatic N) is 2. The van der Waals surface area contributed by atoms with Crippen molar-refractivity contribution in [3.05, 3.63) is 29.8 Å². The Morgan fingerprint density at radius 3 is 2.62 bits per heavy atom. The van der Waals surface area contributed by atoms with E-state index < -0.39 is 6.04 Å². The Hall–Kier alpha value is -1.63. The number of hydrogen-bond donors (Lipinski definition) is 2. The van der Waals surface area contributed by atoms with Crippen LogP contribution in [0.15, 0.2) is 24.3 Å². The van der Waals surface area contributed by atoms with Crippen LogP contribution in [0.4, 0.5) is 0 Å². The van der Waals surface area contributed by atoms with Gasteiger partial charge in [0.15, 0.2) is 0 Å². The maximum Gasteiger partial charge on any atom is 0.240 e. The van der Waals surface area contributed by atoms with Gasteiger partial charge in [-0.2, -0.15) is 0 Å². The molecule has 2 fully saturated rings. The molecular formula is C18H27N3O3. The number of hydrogen-bond acceptors (Lipinski definition) is 5. The molecule has 1 aromatic rings. The molecule has 6 nitrogen and oxygen atoms in total. The summed E-state index contributed by atoms with van der Waals surface area (Å²) in [5.74, 6) is 0.209. The quantitative estimate of drug-likeness (QED) is 0.846. The van der Waals surface area contributed by atoms with Crippen molar-refractivity contribution in [1.29, 1.82) is 0 Å². The van der Waals surface area contributed by atoms with Crippen LogP contribution < -0.4 is 5.73 Å². The van der Waals surface area contributed by atoms with Crippen molar-refractivity contribution in [1.82, 2.24) is 9.80 Å². The number of rotatable bonds is 3. The van der Waals surface area contributed by atoms with Crippen LogP contribution in [0.2, 0.25) is 0 Å². The van der Waals surface area contributed by atoms with E-state index >= 15 is 0 Å². The Bertz CT molecular complexity index is 567. The van der Waals surface area contributed by atoms with Gasteiger partial charge in [0.25, 0.3) is 0 Å². The first-order chi connectivity index (χ1) is 11.5. The first-order valence-corrected chi connectivity index (χ1v) is 8.62. The standard InChI is InChI=1S/C18H27N3O3/c1-20-8-6-18(7-9-20)13-21(10-11-24-18)17(23)16(19)12-14-2-4-15(22)5-3-14/h2-5,16,22H,6-13,19H2,1H3/t16-/m1/s1. The molecule has 132 valence electrons. The molecule has 0 saturated carbocycles. The molecule has 1 aromatic carbocycles. The number of piperidine rings is 1. The summed E-state index contributed by atoms with van der Waals surface area (Å²) >= 11 is 0. The summed E-state index contributed by atoms with van der Waals surface area (Å²) in [6.07, 6.45) is 2.40. The van der Waals surface area contributed by atoms with E-state index in [4.69, 9.17) is 10.5 Å². The highest BCUT2D eigenvalue weighted by molar-refractivity contribution is 5.82. The predicted molar refractivity (Wildman–Crippen MR) is 91.8 cm³/mol. The first kappa shape index (κ1) is 17.2. The van der Waals surface area contributed by atoms with Crippen molar-refractivity contribution in [3.63, 3.8) is 0 Å². The van der Waals surface area contributed by atoms with E-state index in [1.807, 2.05) is 4.90 Å². The first-order valence-electron chi connectivity index (χ1n) is 8.62. The lowest BCUT2D eigenvalue weighted by molar-refractivity contribution is -0.159. The summed E-state index contributed by atoms with van der Waals surface area (Å²) in [4.78, 5) is 16.9. The third kappa shape index (κ3) is 3.88. The van der Waals surface area contributed by atoms with E-state index in [0.29, 0.717) is 26.1 Å². The lowest BCUT2D eigenvalue weighted by atomic mass is 9.89. The Balaban J connectivity index is 1.60. The lowest BCUT2D eigenvalue weighted by Gasteiger charge is -2.47. The third-order valence-corrected chi connectivity index (χ3v) is 5.17. The number of benzene rings is 1. The molecule has 2 aliphatic rings. The summed E-state index contributed by atoms with van der Waals surface area (Å²) in [5.41, 5.74) is 6.91. The van der Waals surface area contributed by atoms with Gasteiger partial charge in [-0.15, -0.1) is 0 Å². The van der Waals surface area contributed by atoms with Crippen molar-refractivity contribution >= 4 is 5.91 Å². The van der Waals surface area contributed by atoms with Gasteiger partial charge in [-0.3, -0.25) is 4.79 Å². The van der Waals surface area contributed by atoms with Crippen molar-refractivity contribution in [2.45, 2.75) is 30.9 Å². The number of carbonyl (C=O) groups is 1. The van der Waals surface area contributed by atoms with Crippen molar-refractivity contribution in [3.8, 4) is 5.75 Å². The highest BCUT2D eigenvalue weighted by Crippen LogP contribution is 2.30. The summed E-state index contributed by atoms with van der Waals surface area (Å²) in [7, 11) is 2.12. The minimum atomic E-state index is -0.559. The van der Waals surface area contributed by atoms with Gasteiger partial charge < -0.3 is 25.4 Å². The topological polar surface area (TPSA) is 79.0 Å². The number of phenols is 1. The molecule has 2 heterocycles. The molecule has 2 aliphatic heterocycles. The molecule has 1 amide bonds. The van der Waals surface area contributed by atoms with E-state index in [-0.39, 0.29) is 17.3 Å². The fourth-order valence-electron chi connectivity index (χ4n) is 3.57. The molecule has 0 aliphatic carbocycles. The summed E-state index contributed by atoms with van der Waals surface area (Å²) in [6.45, 7) is 3.84. The lowest BCUT2D eigenvalue weighted by Crippen LogP contribution is -2.60. The number of carbonyl (C=O) groups excluding carboxylic acids is 1. The predicted octanol–water partition coefficient (Wildman–Crippen LogP) is 0.585. The molecule has 3 rings (SSSR count). The van der Waals surface area contributed by atoms with Gasteiger partial charge in [0.1, 0.15) is 5.75 Å². The fraction of sp³-hybridized carbons (Fsp3) is 0.611. The molecule has 0 unspecified atom stereocenters. The van der Waals surface area contributed by atoms with Gasteiger partial charge in [0, 0.05) is 26.2 Å². The van der Waals surface area contributed by atoms with E-state index in [0.717, 1.165) is 31.5 Å². The number of amides is 1. The largest absolute Gasteiger partial charge is 0.508 e. The maximum atomic E-state index is 12.7. The van der Waals surface area contributed by atoms with Gasteiger partial charge >= 0.3 is 0 Å². The molecule has 2 saturated heterocycles. The molecule has 0 bridgehead atoms. The van der Waals surface area contributed by atoms with Crippen LogP contribution in [0.3, 0.4) is 0 Å². The smallest absolute Gasteiger partial charge is 0.240 e. The Kier molecular flexibility index (Phi) is 5.08. The van der Waals surface area contributed by atoms with Gasteiger partial charge in [0.2, 0.25) is 5.91 Å². The number of morpholine rings is 1. The Morgan fingerprint density at radius 1 is 1.29 bits per heavy atom. The molecular weight excluding hydrogens is 306 g/mol. The highest BCUT2D eigenvalue weighted by atomic mass is 16.5. The second-order valence-corrected chi connectivity index (χ2v) is 7.07. The van der Waals surface area contributed by atoms with Crippen LogP contribution in [0.5, 0.6) is 5.75 Å². The van der Waals surface area contributed by atoms with Gasteiger partial charge in [0.05, 0.1) is 18.2 Å². The Labute approximate surface area is 143 Å². The SMILES string of the molecule is CN1CCC2(CC1)CN(C(=O)[C@H](N)Cc1ccc(O)cc1)CCO2. The number of ether oxygens (including phenoxy) is 1. The minimum Gasteiger partial charge on any atom is -0.508 e. The van der Waals surface area contributed by atoms with Crippen LogP contribution in [-0.4, -0.2) is 72.3 Å². The van der Waals surface area contributed by atoms with Crippen LogP contribution in [0.1, 0.15) is 18.4 Å². The zero-order chi connectivity index (χ0) is 17.2. The monoisotopic (exact) mass is 333 g/mol. The third-order valence-electron chi connectivity index (χ3n) is 5.17. The van der Waals surface area contributed by atoms with Gasteiger partial charge in [-0.05, 0) is 44.0 Å². The van der Waals surface area contributed by atoms with Crippen molar-refractivity contribution in [2.75, 3.05) is 39.8 Å². The summed E-state index contributed by atoms with van der Waals surface area (Å²) in [5, 5.41) is 9.34. The highest BCUT2D eigenvalue weighted by Gasteiger charge is 2.41. The number of nitrogens with two attached hydrogens (primary N) is 1. The van der Waals surface area contributed by atoms with Crippen LogP contribution >= 0.6 is 0 Å². The average molecular weight is 333 g/mol. The molecule has 3 N–H and O–H groups in total. The van der Waals surface area contributed by atoms with Crippen LogP contribution in [-0.2, 0) is 16.0 Å². The number of phenolic OH excluding ortho intramolecular Hbond substituents is 1. The van der Waals surface area contributed by atoms with Crippen molar-refractivity contribution in [2.24, 2.45) is 5.73 Å². The second-order valence-electron chi connectivity index (χ2n) is 7.07. The number of likely N-dealkylation sites (tertiary alicyclic amines) is 1. The molecule has 0 radical (unpaired) electrons. The fourth-order valence-corrected chi connectivity index (χ4v) is 3.57. The van der Waals surface area contributed by atoms with Gasteiger partial charge in [-0.25, -0.2) is 0 Å². The van der Waals surface area contributed by atoms with Crippen molar-refractivity contribution < 1.29 is 14.6 Å². The van der Waals surface area contributed by atoms with Crippen LogP contribution in [0.25, 0.3) is 0 Å². The van der Waals surface area contributed by atoms with E-state index in [1.165, 1.54) is 0 Å². The van der Waals surface area contributed by atoms with E-state index in [1.54, 1.807) is 24.3 Å². The molecule has 24 heavy (non-hydrogen) atoms. The van der Waals surface area contributed by atoms with E-state index in [2.05, 4.69) is 11.9 Å². The number of aromatic hydroxyl groups is 1. The zero-order valence-corrected chi connectivity index (χ0v) is 14.3. The Morgan fingerprint density at radius 2 is 1.96 bits per heavy atom. The molecule has 1 spiro atoms. The maximum absolute atomic E-state index is 12.7. The average Bonchev–Trinajstić information content (AvgIpc) is 2.59. The molecule has 0 aromatic heterocycles.